The number of carboxylic acid groups (broad SMARTS) is 1. The van der Waals surface area contributed by atoms with Crippen LogP contribution in [0.1, 0.15) is 62.2 Å². The standard InChI is InChI=1S/C32H37BrF2N3O8PS/c1-5-46-47(44,45)32(34,35)20-8-13-24-19(17-20)18-25(48-24)28(41)36-27(31(2,3)4)30(43)38-15-6-7-23(38)29(42)37(16-14-26(39)40)22-11-9-21(33)10-12-22/h8-13,17-18,23,27H,5-7,14-16H2,1-4H3,(H,36,41)(H,39,40)(H,44,45)/t23-,27+/m0/s1. The van der Waals surface area contributed by atoms with Crippen molar-refractivity contribution in [2.24, 2.45) is 5.41 Å². The Kier molecular flexibility index (Phi) is 11.5. The average Bonchev–Trinajstić information content (AvgIpc) is 3.67. The molecule has 1 saturated heterocycles. The molecule has 3 amide bonds. The number of carbonyl (C=O) groups is 4. The molecule has 3 atom stereocenters. The van der Waals surface area contributed by atoms with Gasteiger partial charge < -0.3 is 29.6 Å². The normalized spacial score (nSPS) is 17.2. The number of carboxylic acids is 1. The summed E-state index contributed by atoms with van der Waals surface area (Å²) in [6.45, 7) is 6.36. The van der Waals surface area contributed by atoms with Gasteiger partial charge in [0.1, 0.15) is 12.1 Å². The van der Waals surface area contributed by atoms with Crippen molar-refractivity contribution in [3.63, 3.8) is 0 Å². The van der Waals surface area contributed by atoms with Gasteiger partial charge in [-0.3, -0.25) is 23.7 Å². The maximum atomic E-state index is 14.9. The van der Waals surface area contributed by atoms with Crippen LogP contribution in [-0.4, -0.2) is 70.4 Å². The Morgan fingerprint density at radius 3 is 2.42 bits per heavy atom. The second-order valence-electron chi connectivity index (χ2n) is 12.4. The van der Waals surface area contributed by atoms with Gasteiger partial charge in [0.25, 0.3) is 5.91 Å². The highest BCUT2D eigenvalue weighted by molar-refractivity contribution is 9.10. The molecule has 16 heteroatoms. The number of rotatable bonds is 12. The summed E-state index contributed by atoms with van der Waals surface area (Å²) in [6, 6.07) is 9.55. The van der Waals surface area contributed by atoms with Crippen molar-refractivity contribution in [2.75, 3.05) is 24.6 Å². The molecule has 2 aromatic carbocycles. The number of alkyl halides is 2. The van der Waals surface area contributed by atoms with Crippen molar-refractivity contribution in [1.29, 1.82) is 0 Å². The minimum absolute atomic E-state index is 0.102. The largest absolute Gasteiger partial charge is 0.481 e. The molecule has 0 saturated carbocycles. The first-order valence-corrected chi connectivity index (χ1v) is 18.4. The summed E-state index contributed by atoms with van der Waals surface area (Å²) < 4.78 is 47.6. The lowest BCUT2D eigenvalue weighted by Crippen LogP contribution is -2.58. The second kappa shape index (κ2) is 14.7. The number of fused-ring (bicyclic) bond motifs is 1. The van der Waals surface area contributed by atoms with Gasteiger partial charge in [-0.25, -0.2) is 0 Å². The van der Waals surface area contributed by atoms with E-state index in [1.807, 2.05) is 0 Å². The summed E-state index contributed by atoms with van der Waals surface area (Å²) in [4.78, 5) is 65.7. The smallest absolute Gasteiger partial charge is 0.401 e. The molecule has 48 heavy (non-hydrogen) atoms. The maximum absolute atomic E-state index is 14.9. The fourth-order valence-corrected chi connectivity index (χ4v) is 7.63. The fourth-order valence-electron chi connectivity index (χ4n) is 5.44. The number of likely N-dealkylation sites (tertiary alicyclic amines) is 1. The van der Waals surface area contributed by atoms with Crippen LogP contribution < -0.4 is 10.2 Å². The Balaban J connectivity index is 1.58. The first-order chi connectivity index (χ1) is 22.4. The van der Waals surface area contributed by atoms with Crippen LogP contribution in [0.5, 0.6) is 0 Å². The monoisotopic (exact) mass is 771 g/mol. The third-order valence-electron chi connectivity index (χ3n) is 7.91. The number of amides is 3. The van der Waals surface area contributed by atoms with E-state index in [1.54, 1.807) is 45.0 Å². The van der Waals surface area contributed by atoms with Gasteiger partial charge >= 0.3 is 19.2 Å². The van der Waals surface area contributed by atoms with E-state index in [9.17, 15) is 42.5 Å². The van der Waals surface area contributed by atoms with Crippen LogP contribution in [0.2, 0.25) is 0 Å². The lowest BCUT2D eigenvalue weighted by Gasteiger charge is -2.36. The van der Waals surface area contributed by atoms with E-state index in [2.05, 4.69) is 25.8 Å². The summed E-state index contributed by atoms with van der Waals surface area (Å²) in [5.74, 6) is -2.64. The maximum Gasteiger partial charge on any atom is 0.401 e. The topological polar surface area (TPSA) is 154 Å². The molecule has 0 spiro atoms. The van der Waals surface area contributed by atoms with Crippen LogP contribution in [-0.2, 0) is 29.1 Å². The molecule has 3 aromatic rings. The van der Waals surface area contributed by atoms with Gasteiger partial charge in [0.2, 0.25) is 11.8 Å². The summed E-state index contributed by atoms with van der Waals surface area (Å²) >= 11 is 4.35. The van der Waals surface area contributed by atoms with Crippen LogP contribution in [0, 0.1) is 5.41 Å². The van der Waals surface area contributed by atoms with E-state index in [0.717, 1.165) is 27.9 Å². The number of nitrogens with zero attached hydrogens (tertiary/aromatic N) is 2. The molecule has 0 radical (unpaired) electrons. The fraction of sp³-hybridized carbons (Fsp3) is 0.438. The van der Waals surface area contributed by atoms with Crippen LogP contribution in [0.15, 0.2) is 53.0 Å². The first-order valence-electron chi connectivity index (χ1n) is 15.2. The van der Waals surface area contributed by atoms with Crippen molar-refractivity contribution >= 4 is 74.3 Å². The van der Waals surface area contributed by atoms with E-state index in [1.165, 1.54) is 28.9 Å². The number of hydrogen-bond donors (Lipinski definition) is 3. The third kappa shape index (κ3) is 8.14. The number of thiophene rings is 1. The zero-order valence-electron chi connectivity index (χ0n) is 26.7. The summed E-state index contributed by atoms with van der Waals surface area (Å²) in [5, 5.41) is 12.3. The van der Waals surface area contributed by atoms with E-state index in [4.69, 9.17) is 0 Å². The molecule has 2 heterocycles. The molecule has 1 unspecified atom stereocenters. The van der Waals surface area contributed by atoms with Crippen molar-refractivity contribution < 1.29 is 47.0 Å². The Hall–Kier alpha value is -3.23. The molecular weight excluding hydrogens is 735 g/mol. The lowest BCUT2D eigenvalue weighted by atomic mass is 9.85. The van der Waals surface area contributed by atoms with Gasteiger partial charge in [-0.1, -0.05) is 42.8 Å². The predicted octanol–water partition coefficient (Wildman–Crippen LogP) is 6.58. The van der Waals surface area contributed by atoms with E-state index in [-0.39, 0.29) is 36.4 Å². The average molecular weight is 773 g/mol. The Labute approximate surface area is 288 Å². The van der Waals surface area contributed by atoms with Gasteiger partial charge in [0, 0.05) is 33.5 Å². The molecule has 1 fully saturated rings. The zero-order valence-corrected chi connectivity index (χ0v) is 30.0. The van der Waals surface area contributed by atoms with Crippen LogP contribution >= 0.6 is 34.9 Å². The summed E-state index contributed by atoms with van der Waals surface area (Å²) in [7, 11) is -5.32. The van der Waals surface area contributed by atoms with Gasteiger partial charge in [0.15, 0.2) is 0 Å². The number of aliphatic carboxylic acids is 1. The summed E-state index contributed by atoms with van der Waals surface area (Å²) in [5.41, 5.74) is -5.26. The Morgan fingerprint density at radius 2 is 1.81 bits per heavy atom. The Bertz CT molecular complexity index is 1750. The molecule has 11 nitrogen and oxygen atoms in total. The minimum atomic E-state index is -5.32. The van der Waals surface area contributed by atoms with Crippen molar-refractivity contribution in [3.05, 3.63) is 63.4 Å². The SMILES string of the molecule is CCOP(=O)(O)C(F)(F)c1ccc2sc(C(=O)N[C@H](C(=O)N3CCC[C@H]3C(=O)N(CCC(=O)O)c3ccc(Br)cc3)C(C)(C)C)cc2c1. The molecule has 0 aliphatic carbocycles. The number of nitrogens with one attached hydrogen (secondary N) is 1. The van der Waals surface area contributed by atoms with Crippen molar-refractivity contribution in [1.82, 2.24) is 10.2 Å². The number of anilines is 1. The third-order valence-corrected chi connectivity index (χ3v) is 11.1. The van der Waals surface area contributed by atoms with Crippen LogP contribution in [0.3, 0.4) is 0 Å². The molecule has 1 aliphatic rings. The molecule has 0 bridgehead atoms. The number of carbonyl (C=O) groups excluding carboxylic acids is 3. The minimum Gasteiger partial charge on any atom is -0.481 e. The second-order valence-corrected chi connectivity index (χ2v) is 16.3. The highest BCUT2D eigenvalue weighted by atomic mass is 79.9. The van der Waals surface area contributed by atoms with Crippen LogP contribution in [0.25, 0.3) is 10.1 Å². The van der Waals surface area contributed by atoms with E-state index < -0.39 is 60.0 Å². The molecule has 260 valence electrons. The van der Waals surface area contributed by atoms with Gasteiger partial charge in [0.05, 0.1) is 17.9 Å². The molecular formula is C32H37BrF2N3O8PS. The number of benzene rings is 2. The quantitative estimate of drug-likeness (QED) is 0.175. The highest BCUT2D eigenvalue weighted by Gasteiger charge is 2.52. The van der Waals surface area contributed by atoms with Crippen LogP contribution in [0.4, 0.5) is 14.5 Å². The number of halogens is 3. The highest BCUT2D eigenvalue weighted by Crippen LogP contribution is 2.63. The first kappa shape index (κ1) is 37.6. The number of hydrogen-bond acceptors (Lipinski definition) is 7. The molecule has 1 aromatic heterocycles. The zero-order chi connectivity index (χ0) is 35.6. The summed E-state index contributed by atoms with van der Waals surface area (Å²) in [6.07, 6.45) is 0.569. The molecule has 4 rings (SSSR count). The molecule has 3 N–H and O–H groups in total. The lowest BCUT2D eigenvalue weighted by molar-refractivity contribution is -0.141. The van der Waals surface area contributed by atoms with Gasteiger partial charge in [-0.15, -0.1) is 11.3 Å². The van der Waals surface area contributed by atoms with Crippen molar-refractivity contribution in [3.8, 4) is 0 Å². The predicted molar refractivity (Wildman–Crippen MR) is 181 cm³/mol. The van der Waals surface area contributed by atoms with Gasteiger partial charge in [-0.2, -0.15) is 8.78 Å². The van der Waals surface area contributed by atoms with E-state index in [0.29, 0.717) is 23.2 Å². The van der Waals surface area contributed by atoms with Crippen molar-refractivity contribution in [2.45, 2.75) is 64.7 Å². The molecule has 1 aliphatic heterocycles. The Morgan fingerprint density at radius 1 is 1.15 bits per heavy atom. The van der Waals surface area contributed by atoms with Gasteiger partial charge in [-0.05, 0) is 73.0 Å². The van der Waals surface area contributed by atoms with E-state index >= 15 is 0 Å².